The molecule has 138 valence electrons. The van der Waals surface area contributed by atoms with Crippen molar-refractivity contribution in [3.05, 3.63) is 70.4 Å². The van der Waals surface area contributed by atoms with Crippen molar-refractivity contribution >= 4 is 28.3 Å². The number of carbonyl (C=O) groups excluding carboxylic acids is 2. The largest absolute Gasteiger partial charge is 0.481 e. The first kappa shape index (κ1) is 18.5. The molecule has 2 heterocycles. The van der Waals surface area contributed by atoms with Gasteiger partial charge in [0.1, 0.15) is 4.88 Å². The summed E-state index contributed by atoms with van der Waals surface area (Å²) < 4.78 is 5.02. The zero-order valence-corrected chi connectivity index (χ0v) is 15.7. The summed E-state index contributed by atoms with van der Waals surface area (Å²) >= 11 is 1.13. The Hall–Kier alpha value is -3.26. The Bertz CT molecular complexity index is 957. The number of pyridine rings is 1. The number of thiazole rings is 1. The summed E-state index contributed by atoms with van der Waals surface area (Å²) in [4.78, 5) is 33.5. The number of methoxy groups -OCH3 is 1. The maximum absolute atomic E-state index is 12.4. The summed E-state index contributed by atoms with van der Waals surface area (Å²) in [5.41, 5.74) is 1.96. The molecule has 27 heavy (non-hydrogen) atoms. The number of nitrogens with one attached hydrogen (secondary N) is 2. The molecular formula is C19H18N4O3S. The molecule has 0 aliphatic rings. The number of rotatable bonds is 6. The first-order valence-corrected chi connectivity index (χ1v) is 8.99. The maximum Gasteiger partial charge on any atom is 0.263 e. The quantitative estimate of drug-likeness (QED) is 0.683. The van der Waals surface area contributed by atoms with E-state index in [-0.39, 0.29) is 11.8 Å². The van der Waals surface area contributed by atoms with Gasteiger partial charge in [0, 0.05) is 24.4 Å². The number of benzene rings is 1. The molecule has 2 N–H and O–H groups in total. The fourth-order valence-electron chi connectivity index (χ4n) is 2.35. The number of aryl methyl sites for hydroxylation is 1. The van der Waals surface area contributed by atoms with Crippen LogP contribution >= 0.6 is 11.3 Å². The molecule has 0 bridgehead atoms. The van der Waals surface area contributed by atoms with E-state index in [9.17, 15) is 9.59 Å². The normalized spacial score (nSPS) is 10.3. The van der Waals surface area contributed by atoms with Gasteiger partial charge in [-0.1, -0.05) is 41.7 Å². The second-order valence-electron chi connectivity index (χ2n) is 5.64. The van der Waals surface area contributed by atoms with Gasteiger partial charge in [-0.3, -0.25) is 14.9 Å². The Morgan fingerprint density at radius 2 is 1.93 bits per heavy atom. The summed E-state index contributed by atoms with van der Waals surface area (Å²) in [5, 5.41) is 5.93. The van der Waals surface area contributed by atoms with E-state index >= 15 is 0 Å². The van der Waals surface area contributed by atoms with Crippen molar-refractivity contribution in [3.8, 4) is 5.88 Å². The summed E-state index contributed by atoms with van der Waals surface area (Å²) in [5.74, 6) is -0.223. The molecule has 0 saturated heterocycles. The van der Waals surface area contributed by atoms with Crippen LogP contribution in [0.3, 0.4) is 0 Å². The van der Waals surface area contributed by atoms with E-state index < -0.39 is 0 Å². The van der Waals surface area contributed by atoms with Gasteiger partial charge >= 0.3 is 0 Å². The van der Waals surface area contributed by atoms with Crippen LogP contribution in [0.5, 0.6) is 5.88 Å². The fourth-order valence-corrected chi connectivity index (χ4v) is 3.23. The molecule has 0 radical (unpaired) electrons. The van der Waals surface area contributed by atoms with E-state index in [0.29, 0.717) is 33.7 Å². The highest BCUT2D eigenvalue weighted by molar-refractivity contribution is 7.17. The average Bonchev–Trinajstić information content (AvgIpc) is 3.07. The molecule has 0 aliphatic heterocycles. The number of hydrogen-bond acceptors (Lipinski definition) is 6. The SMILES string of the molecule is COc1cc(C(=O)Nc2nc(C)c(C(=O)NCc3ccccc3)s2)ccn1. The number of amides is 2. The minimum atomic E-state index is -0.347. The number of carbonyl (C=O) groups is 2. The third kappa shape index (κ3) is 4.68. The van der Waals surface area contributed by atoms with Crippen molar-refractivity contribution in [1.29, 1.82) is 0 Å². The van der Waals surface area contributed by atoms with E-state index in [1.165, 1.54) is 19.4 Å². The first-order chi connectivity index (χ1) is 13.1. The van der Waals surface area contributed by atoms with Crippen LogP contribution in [0.25, 0.3) is 0 Å². The highest BCUT2D eigenvalue weighted by Gasteiger charge is 2.17. The van der Waals surface area contributed by atoms with Gasteiger partial charge in [-0.15, -0.1) is 0 Å². The Labute approximate surface area is 160 Å². The number of hydrogen-bond donors (Lipinski definition) is 2. The van der Waals surface area contributed by atoms with Gasteiger partial charge in [0.05, 0.1) is 12.8 Å². The van der Waals surface area contributed by atoms with Crippen LogP contribution in [-0.4, -0.2) is 28.9 Å². The van der Waals surface area contributed by atoms with Crippen molar-refractivity contribution in [3.63, 3.8) is 0 Å². The third-order valence-corrected chi connectivity index (χ3v) is 4.80. The van der Waals surface area contributed by atoms with Crippen LogP contribution in [0.4, 0.5) is 5.13 Å². The van der Waals surface area contributed by atoms with Crippen molar-refractivity contribution in [2.75, 3.05) is 12.4 Å². The Morgan fingerprint density at radius 3 is 2.67 bits per heavy atom. The zero-order chi connectivity index (χ0) is 19.2. The lowest BCUT2D eigenvalue weighted by Crippen LogP contribution is -2.22. The van der Waals surface area contributed by atoms with Gasteiger partial charge in [-0.25, -0.2) is 9.97 Å². The van der Waals surface area contributed by atoms with E-state index in [2.05, 4.69) is 20.6 Å². The Kier molecular flexibility index (Phi) is 5.77. The van der Waals surface area contributed by atoms with Crippen molar-refractivity contribution in [2.45, 2.75) is 13.5 Å². The molecule has 0 atom stereocenters. The Morgan fingerprint density at radius 1 is 1.15 bits per heavy atom. The van der Waals surface area contributed by atoms with Crippen LogP contribution in [0.15, 0.2) is 48.7 Å². The molecule has 0 fully saturated rings. The minimum Gasteiger partial charge on any atom is -0.481 e. The van der Waals surface area contributed by atoms with Crippen LogP contribution in [0.1, 0.15) is 31.3 Å². The highest BCUT2D eigenvalue weighted by atomic mass is 32.1. The molecule has 0 unspecified atom stereocenters. The predicted octanol–water partition coefficient (Wildman–Crippen LogP) is 3.04. The molecule has 8 heteroatoms. The molecule has 2 amide bonds. The van der Waals surface area contributed by atoms with Gasteiger partial charge < -0.3 is 10.1 Å². The Balaban J connectivity index is 1.66. The fraction of sp³-hybridized carbons (Fsp3) is 0.158. The molecule has 2 aromatic heterocycles. The molecule has 7 nitrogen and oxygen atoms in total. The number of aromatic nitrogens is 2. The second kappa shape index (κ2) is 8.41. The van der Waals surface area contributed by atoms with E-state index in [1.54, 1.807) is 13.0 Å². The molecule has 3 rings (SSSR count). The van der Waals surface area contributed by atoms with E-state index in [0.717, 1.165) is 16.9 Å². The number of ether oxygens (including phenoxy) is 1. The molecule has 0 saturated carbocycles. The lowest BCUT2D eigenvalue weighted by Gasteiger charge is -2.04. The van der Waals surface area contributed by atoms with Crippen LogP contribution in [-0.2, 0) is 6.54 Å². The topological polar surface area (TPSA) is 93.2 Å². The molecule has 0 aliphatic carbocycles. The van der Waals surface area contributed by atoms with Gasteiger partial charge in [-0.05, 0) is 18.6 Å². The second-order valence-corrected chi connectivity index (χ2v) is 6.64. The lowest BCUT2D eigenvalue weighted by molar-refractivity contribution is 0.0953. The van der Waals surface area contributed by atoms with Crippen molar-refractivity contribution in [2.24, 2.45) is 0 Å². The highest BCUT2D eigenvalue weighted by Crippen LogP contribution is 2.23. The van der Waals surface area contributed by atoms with Crippen LogP contribution in [0.2, 0.25) is 0 Å². The molecule has 0 spiro atoms. The van der Waals surface area contributed by atoms with E-state index in [1.807, 2.05) is 30.3 Å². The van der Waals surface area contributed by atoms with Crippen molar-refractivity contribution in [1.82, 2.24) is 15.3 Å². The molecular weight excluding hydrogens is 364 g/mol. The molecule has 3 aromatic rings. The number of anilines is 1. The number of nitrogens with zero attached hydrogens (tertiary/aromatic N) is 2. The van der Waals surface area contributed by atoms with Gasteiger partial charge in [0.25, 0.3) is 11.8 Å². The summed E-state index contributed by atoms with van der Waals surface area (Å²) in [7, 11) is 1.48. The van der Waals surface area contributed by atoms with Gasteiger partial charge in [0.15, 0.2) is 5.13 Å². The standard InChI is InChI=1S/C19H18N4O3S/c1-12-16(18(25)21-11-13-6-4-3-5-7-13)27-19(22-12)23-17(24)14-8-9-20-15(10-14)26-2/h3-10H,11H2,1-2H3,(H,21,25)(H,22,23,24). The van der Waals surface area contributed by atoms with E-state index in [4.69, 9.17) is 4.74 Å². The lowest BCUT2D eigenvalue weighted by atomic mass is 10.2. The summed E-state index contributed by atoms with van der Waals surface area (Å²) in [6.07, 6.45) is 1.49. The zero-order valence-electron chi connectivity index (χ0n) is 14.9. The third-order valence-electron chi connectivity index (χ3n) is 3.73. The summed E-state index contributed by atoms with van der Waals surface area (Å²) in [6.45, 7) is 2.16. The monoisotopic (exact) mass is 382 g/mol. The smallest absolute Gasteiger partial charge is 0.263 e. The van der Waals surface area contributed by atoms with Gasteiger partial charge in [0.2, 0.25) is 5.88 Å². The maximum atomic E-state index is 12.4. The van der Waals surface area contributed by atoms with Crippen LogP contribution in [0, 0.1) is 6.92 Å². The van der Waals surface area contributed by atoms with Gasteiger partial charge in [-0.2, -0.15) is 0 Å². The minimum absolute atomic E-state index is 0.222. The first-order valence-electron chi connectivity index (χ1n) is 8.18. The average molecular weight is 382 g/mol. The molecule has 1 aromatic carbocycles. The van der Waals surface area contributed by atoms with Crippen LogP contribution < -0.4 is 15.4 Å². The summed E-state index contributed by atoms with van der Waals surface area (Å²) in [6, 6.07) is 12.7. The predicted molar refractivity (Wildman–Crippen MR) is 103 cm³/mol. The van der Waals surface area contributed by atoms with Crippen molar-refractivity contribution < 1.29 is 14.3 Å².